The van der Waals surface area contributed by atoms with E-state index >= 15 is 0 Å². The molecular formula is C19H27NO4. The third-order valence-corrected chi connectivity index (χ3v) is 4.96. The van der Waals surface area contributed by atoms with Crippen LogP contribution in [-0.2, 0) is 16.0 Å². The van der Waals surface area contributed by atoms with Crippen molar-refractivity contribution in [3.8, 4) is 5.75 Å². The van der Waals surface area contributed by atoms with Crippen LogP contribution in [0.15, 0.2) is 24.3 Å². The number of carboxylic acid groups (broad SMARTS) is 1. The summed E-state index contributed by atoms with van der Waals surface area (Å²) >= 11 is 0. The number of aliphatic carboxylic acids is 1. The number of hydrogen-bond donors (Lipinski definition) is 2. The van der Waals surface area contributed by atoms with Crippen LogP contribution in [0.4, 0.5) is 0 Å². The summed E-state index contributed by atoms with van der Waals surface area (Å²) in [5, 5.41) is 12.4. The van der Waals surface area contributed by atoms with Crippen molar-refractivity contribution in [2.75, 3.05) is 7.11 Å². The second-order valence-electron chi connectivity index (χ2n) is 6.80. The first kappa shape index (κ1) is 18.3. The van der Waals surface area contributed by atoms with Gasteiger partial charge in [0.25, 0.3) is 0 Å². The van der Waals surface area contributed by atoms with E-state index in [2.05, 4.69) is 5.32 Å². The number of hydrogen-bond acceptors (Lipinski definition) is 3. The fourth-order valence-corrected chi connectivity index (χ4v) is 3.51. The smallest absolute Gasteiger partial charge is 0.308 e. The van der Waals surface area contributed by atoms with Crippen LogP contribution >= 0.6 is 0 Å². The number of aryl methyl sites for hydroxylation is 1. The van der Waals surface area contributed by atoms with Crippen LogP contribution in [0.1, 0.15) is 51.0 Å². The molecule has 2 atom stereocenters. The van der Waals surface area contributed by atoms with E-state index in [-0.39, 0.29) is 5.91 Å². The third kappa shape index (κ3) is 4.73. The highest BCUT2D eigenvalue weighted by atomic mass is 16.5. The molecule has 5 nitrogen and oxygen atoms in total. The van der Waals surface area contributed by atoms with Crippen LogP contribution in [-0.4, -0.2) is 29.6 Å². The lowest BCUT2D eigenvalue weighted by Gasteiger charge is -2.39. The quantitative estimate of drug-likeness (QED) is 0.803. The minimum Gasteiger partial charge on any atom is -0.497 e. The molecule has 1 fully saturated rings. The van der Waals surface area contributed by atoms with Gasteiger partial charge in [0, 0.05) is 6.42 Å². The van der Waals surface area contributed by atoms with Crippen molar-refractivity contribution in [2.24, 2.45) is 5.92 Å². The second-order valence-corrected chi connectivity index (χ2v) is 6.80. The molecule has 1 aliphatic rings. The summed E-state index contributed by atoms with van der Waals surface area (Å²) in [6.45, 7) is 1.87. The molecular weight excluding hydrogens is 306 g/mol. The zero-order valence-corrected chi connectivity index (χ0v) is 14.5. The summed E-state index contributed by atoms with van der Waals surface area (Å²) < 4.78 is 5.12. The predicted octanol–water partition coefficient (Wildman–Crippen LogP) is 3.17. The number of ether oxygens (including phenoxy) is 1. The first-order valence-electron chi connectivity index (χ1n) is 8.61. The summed E-state index contributed by atoms with van der Waals surface area (Å²) in [4.78, 5) is 23.7. The molecule has 0 aliphatic heterocycles. The lowest BCUT2D eigenvalue weighted by atomic mass is 9.74. The number of carboxylic acids is 1. The standard InChI is InChI=1S/C19H27NO4/c1-19(13-4-3-7-16(19)18(22)23)20-17(21)8-5-6-14-9-11-15(24-2)12-10-14/h9-12,16H,3-8,13H2,1-2H3,(H,20,21)(H,22,23). The maximum atomic E-state index is 12.3. The minimum absolute atomic E-state index is 0.0563. The van der Waals surface area contributed by atoms with Gasteiger partial charge in [0.2, 0.25) is 5.91 Å². The number of benzene rings is 1. The number of nitrogens with one attached hydrogen (secondary N) is 1. The Hall–Kier alpha value is -2.04. The Morgan fingerprint density at radius 3 is 2.62 bits per heavy atom. The van der Waals surface area contributed by atoms with Gasteiger partial charge >= 0.3 is 5.97 Å². The number of carbonyl (C=O) groups excluding carboxylic acids is 1. The number of carbonyl (C=O) groups is 2. The van der Waals surface area contributed by atoms with E-state index in [4.69, 9.17) is 4.74 Å². The number of methoxy groups -OCH3 is 1. The molecule has 5 heteroatoms. The summed E-state index contributed by atoms with van der Waals surface area (Å²) in [5.74, 6) is -0.534. The Kier molecular flexibility index (Phi) is 6.23. The lowest BCUT2D eigenvalue weighted by Crippen LogP contribution is -2.55. The Bertz CT molecular complexity index is 569. The first-order chi connectivity index (χ1) is 11.4. The molecule has 24 heavy (non-hydrogen) atoms. The van der Waals surface area contributed by atoms with Crippen molar-refractivity contribution in [1.29, 1.82) is 0 Å². The van der Waals surface area contributed by atoms with E-state index in [0.29, 0.717) is 12.8 Å². The van der Waals surface area contributed by atoms with E-state index < -0.39 is 17.4 Å². The van der Waals surface area contributed by atoms with E-state index in [0.717, 1.165) is 43.4 Å². The number of rotatable bonds is 7. The minimum atomic E-state index is -0.810. The molecule has 1 aliphatic carbocycles. The average Bonchev–Trinajstić information content (AvgIpc) is 2.55. The predicted molar refractivity (Wildman–Crippen MR) is 92.1 cm³/mol. The fourth-order valence-electron chi connectivity index (χ4n) is 3.51. The monoisotopic (exact) mass is 333 g/mol. The van der Waals surface area contributed by atoms with Crippen LogP contribution in [0.5, 0.6) is 5.75 Å². The van der Waals surface area contributed by atoms with Crippen LogP contribution in [0.2, 0.25) is 0 Å². The topological polar surface area (TPSA) is 75.6 Å². The normalized spacial score (nSPS) is 23.5. The summed E-state index contributed by atoms with van der Waals surface area (Å²) in [5.41, 5.74) is 0.539. The molecule has 2 N–H and O–H groups in total. The van der Waals surface area contributed by atoms with Gasteiger partial charge in [-0.1, -0.05) is 25.0 Å². The van der Waals surface area contributed by atoms with Crippen molar-refractivity contribution in [3.63, 3.8) is 0 Å². The molecule has 1 aromatic rings. The molecule has 132 valence electrons. The van der Waals surface area contributed by atoms with Gasteiger partial charge in [-0.05, 0) is 50.3 Å². The highest BCUT2D eigenvalue weighted by molar-refractivity contribution is 5.79. The molecule has 1 amide bonds. The molecule has 1 saturated carbocycles. The van der Waals surface area contributed by atoms with Gasteiger partial charge in [-0.2, -0.15) is 0 Å². The first-order valence-corrected chi connectivity index (χ1v) is 8.61. The molecule has 1 aromatic carbocycles. The van der Waals surface area contributed by atoms with Gasteiger partial charge in [-0.15, -0.1) is 0 Å². The Labute approximate surface area is 143 Å². The number of amides is 1. The molecule has 0 spiro atoms. The largest absolute Gasteiger partial charge is 0.497 e. The fraction of sp³-hybridized carbons (Fsp3) is 0.579. The zero-order valence-electron chi connectivity index (χ0n) is 14.5. The van der Waals surface area contributed by atoms with Crippen molar-refractivity contribution < 1.29 is 19.4 Å². The third-order valence-electron chi connectivity index (χ3n) is 4.96. The van der Waals surface area contributed by atoms with Crippen molar-refractivity contribution >= 4 is 11.9 Å². The van der Waals surface area contributed by atoms with Crippen molar-refractivity contribution in [1.82, 2.24) is 5.32 Å². The van der Waals surface area contributed by atoms with E-state index in [9.17, 15) is 14.7 Å². The van der Waals surface area contributed by atoms with Gasteiger partial charge in [-0.25, -0.2) is 0 Å². The molecule has 0 radical (unpaired) electrons. The molecule has 0 bridgehead atoms. The van der Waals surface area contributed by atoms with Crippen LogP contribution in [0, 0.1) is 5.92 Å². The van der Waals surface area contributed by atoms with Crippen LogP contribution in [0.25, 0.3) is 0 Å². The summed E-state index contributed by atoms with van der Waals surface area (Å²) in [6.07, 6.45) is 5.22. The molecule has 2 rings (SSSR count). The highest BCUT2D eigenvalue weighted by Gasteiger charge is 2.41. The summed E-state index contributed by atoms with van der Waals surface area (Å²) in [6, 6.07) is 7.82. The maximum Gasteiger partial charge on any atom is 0.308 e. The van der Waals surface area contributed by atoms with Crippen molar-refractivity contribution in [3.05, 3.63) is 29.8 Å². The molecule has 2 unspecified atom stereocenters. The SMILES string of the molecule is COc1ccc(CCCC(=O)NC2(C)CCCCC2C(=O)O)cc1. The molecule has 0 heterocycles. The second kappa shape index (κ2) is 8.18. The van der Waals surface area contributed by atoms with Gasteiger partial charge in [-0.3, -0.25) is 9.59 Å². The Balaban J connectivity index is 1.82. The zero-order chi connectivity index (χ0) is 17.6. The van der Waals surface area contributed by atoms with Crippen LogP contribution < -0.4 is 10.1 Å². The lowest BCUT2D eigenvalue weighted by molar-refractivity contribution is -0.146. The van der Waals surface area contributed by atoms with E-state index in [1.807, 2.05) is 31.2 Å². The maximum absolute atomic E-state index is 12.3. The molecule has 0 saturated heterocycles. The van der Waals surface area contributed by atoms with Crippen LogP contribution in [0.3, 0.4) is 0 Å². The average molecular weight is 333 g/mol. The van der Waals surface area contributed by atoms with Crippen molar-refractivity contribution in [2.45, 2.75) is 57.4 Å². The van der Waals surface area contributed by atoms with Gasteiger partial charge in [0.1, 0.15) is 5.75 Å². The Morgan fingerprint density at radius 1 is 1.29 bits per heavy atom. The van der Waals surface area contributed by atoms with Gasteiger partial charge in [0.15, 0.2) is 0 Å². The summed E-state index contributed by atoms with van der Waals surface area (Å²) in [7, 11) is 1.63. The van der Waals surface area contributed by atoms with Gasteiger partial charge < -0.3 is 15.2 Å². The van der Waals surface area contributed by atoms with Gasteiger partial charge in [0.05, 0.1) is 18.6 Å². The van der Waals surface area contributed by atoms with E-state index in [1.165, 1.54) is 0 Å². The van der Waals surface area contributed by atoms with E-state index in [1.54, 1.807) is 7.11 Å². The highest BCUT2D eigenvalue weighted by Crippen LogP contribution is 2.34. The Morgan fingerprint density at radius 2 is 2.00 bits per heavy atom. The molecule has 0 aromatic heterocycles.